The number of hydrazone groups is 1. The van der Waals surface area contributed by atoms with Gasteiger partial charge in [0.1, 0.15) is 4.90 Å². The molecule has 0 aliphatic rings. The van der Waals surface area contributed by atoms with Crippen LogP contribution in [0, 0.1) is 0 Å². The molecule has 9 heteroatoms. The van der Waals surface area contributed by atoms with Crippen molar-refractivity contribution in [3.8, 4) is 17.2 Å². The predicted octanol–water partition coefficient (Wildman–Crippen LogP) is 4.41. The summed E-state index contributed by atoms with van der Waals surface area (Å²) in [5.74, 6) is -0.0812. The minimum absolute atomic E-state index is 0.0380. The van der Waals surface area contributed by atoms with Crippen LogP contribution in [0.2, 0.25) is 0 Å². The molecule has 0 radical (unpaired) electrons. The van der Waals surface area contributed by atoms with E-state index in [9.17, 15) is 13.2 Å². The number of para-hydroxylation sites is 1. The van der Waals surface area contributed by atoms with E-state index in [1.807, 2.05) is 41.2 Å². The third-order valence-corrected chi connectivity index (χ3v) is 6.16. The van der Waals surface area contributed by atoms with Crippen molar-refractivity contribution >= 4 is 22.2 Å². The van der Waals surface area contributed by atoms with Gasteiger partial charge < -0.3 is 13.5 Å². The van der Waals surface area contributed by atoms with Gasteiger partial charge >= 0.3 is 10.1 Å². The second-order valence-corrected chi connectivity index (χ2v) is 8.84. The van der Waals surface area contributed by atoms with Crippen LogP contribution in [-0.2, 0) is 10.1 Å². The Bertz CT molecular complexity index is 1430. The fraction of sp³-hybridized carbons (Fsp3) is 0.0769. The van der Waals surface area contributed by atoms with Gasteiger partial charge in [-0.3, -0.25) is 4.79 Å². The molecule has 1 aromatic heterocycles. The molecule has 4 rings (SSSR count). The SMILES string of the molecule is CCOc1cc(C=NNC(=O)c2ccccc2-n2cccc2)ccc1OS(=O)(=O)c1ccccc1. The quantitative estimate of drug-likeness (QED) is 0.213. The molecule has 8 nitrogen and oxygen atoms in total. The third-order valence-electron chi connectivity index (χ3n) is 4.91. The topological polar surface area (TPSA) is 99.0 Å². The van der Waals surface area contributed by atoms with Crippen LogP contribution in [0.3, 0.4) is 0 Å². The van der Waals surface area contributed by atoms with Gasteiger partial charge in [0, 0.05) is 12.4 Å². The van der Waals surface area contributed by atoms with Gasteiger partial charge in [-0.1, -0.05) is 30.3 Å². The molecule has 0 aliphatic carbocycles. The first kappa shape index (κ1) is 23.8. The number of ether oxygens (including phenoxy) is 1. The van der Waals surface area contributed by atoms with E-state index in [0.29, 0.717) is 17.7 Å². The van der Waals surface area contributed by atoms with Crippen molar-refractivity contribution in [2.75, 3.05) is 6.61 Å². The molecule has 1 amide bonds. The normalized spacial score (nSPS) is 11.3. The highest BCUT2D eigenvalue weighted by Gasteiger charge is 2.19. The first-order valence-electron chi connectivity index (χ1n) is 10.8. The fourth-order valence-corrected chi connectivity index (χ4v) is 4.27. The van der Waals surface area contributed by atoms with Crippen molar-refractivity contribution in [3.63, 3.8) is 0 Å². The number of nitrogens with zero attached hydrogens (tertiary/aromatic N) is 2. The number of aromatic nitrogens is 1. The highest BCUT2D eigenvalue weighted by atomic mass is 32.2. The number of hydrogen-bond acceptors (Lipinski definition) is 6. The van der Waals surface area contributed by atoms with Gasteiger partial charge in [-0.2, -0.15) is 13.5 Å². The van der Waals surface area contributed by atoms with E-state index in [4.69, 9.17) is 8.92 Å². The number of carbonyl (C=O) groups excluding carboxylic acids is 1. The Labute approximate surface area is 203 Å². The molecule has 178 valence electrons. The van der Waals surface area contributed by atoms with Crippen molar-refractivity contribution in [2.45, 2.75) is 11.8 Å². The lowest BCUT2D eigenvalue weighted by Crippen LogP contribution is -2.19. The summed E-state index contributed by atoms with van der Waals surface area (Å²) >= 11 is 0. The number of amides is 1. The summed E-state index contributed by atoms with van der Waals surface area (Å²) in [5, 5.41) is 4.05. The second-order valence-electron chi connectivity index (χ2n) is 7.30. The molecular formula is C26H23N3O5S. The van der Waals surface area contributed by atoms with Gasteiger partial charge in [-0.15, -0.1) is 0 Å². The Morgan fingerprint density at radius 1 is 0.943 bits per heavy atom. The highest BCUT2D eigenvalue weighted by molar-refractivity contribution is 7.87. The predicted molar refractivity (Wildman–Crippen MR) is 133 cm³/mol. The van der Waals surface area contributed by atoms with Crippen LogP contribution in [-0.4, -0.2) is 31.7 Å². The van der Waals surface area contributed by atoms with Gasteiger partial charge in [0.05, 0.1) is 24.1 Å². The van der Waals surface area contributed by atoms with Gasteiger partial charge in [0.15, 0.2) is 11.5 Å². The van der Waals surface area contributed by atoms with Crippen LogP contribution in [0.4, 0.5) is 0 Å². The molecule has 1 N–H and O–H groups in total. The van der Waals surface area contributed by atoms with Crippen LogP contribution in [0.25, 0.3) is 5.69 Å². The van der Waals surface area contributed by atoms with Crippen LogP contribution in [0.5, 0.6) is 11.5 Å². The molecule has 0 bridgehead atoms. The molecule has 4 aromatic rings. The van der Waals surface area contributed by atoms with Crippen LogP contribution in [0.1, 0.15) is 22.8 Å². The maximum absolute atomic E-state index is 12.7. The van der Waals surface area contributed by atoms with Crippen LogP contribution >= 0.6 is 0 Å². The summed E-state index contributed by atoms with van der Waals surface area (Å²) in [4.78, 5) is 12.8. The summed E-state index contributed by atoms with van der Waals surface area (Å²) in [6.45, 7) is 2.08. The molecular weight excluding hydrogens is 466 g/mol. The Morgan fingerprint density at radius 3 is 2.40 bits per heavy atom. The van der Waals surface area contributed by atoms with E-state index >= 15 is 0 Å². The molecule has 0 saturated heterocycles. The fourth-order valence-electron chi connectivity index (χ4n) is 3.31. The first-order chi connectivity index (χ1) is 17.0. The summed E-state index contributed by atoms with van der Waals surface area (Å²) in [6, 6.07) is 23.5. The van der Waals surface area contributed by atoms with Gasteiger partial charge in [0.2, 0.25) is 0 Å². The van der Waals surface area contributed by atoms with Gasteiger partial charge in [-0.05, 0) is 67.1 Å². The van der Waals surface area contributed by atoms with E-state index in [1.54, 1.807) is 49.4 Å². The molecule has 0 spiro atoms. The van der Waals surface area contributed by atoms with Crippen molar-refractivity contribution in [1.29, 1.82) is 0 Å². The van der Waals surface area contributed by atoms with E-state index in [0.717, 1.165) is 5.69 Å². The second kappa shape index (κ2) is 10.7. The lowest BCUT2D eigenvalue weighted by molar-refractivity contribution is 0.0955. The standard InChI is InChI=1S/C26H23N3O5S/c1-2-33-25-18-20(14-15-24(25)34-35(31,32)21-10-4-3-5-11-21)19-27-28-26(30)22-12-6-7-13-23(22)29-16-8-9-17-29/h3-19H,2H2,1H3,(H,28,30). The van der Waals surface area contributed by atoms with E-state index in [2.05, 4.69) is 10.5 Å². The third kappa shape index (κ3) is 5.77. The van der Waals surface area contributed by atoms with Crippen molar-refractivity contribution in [1.82, 2.24) is 9.99 Å². The number of rotatable bonds is 9. The molecule has 1 heterocycles. The summed E-state index contributed by atoms with van der Waals surface area (Å²) in [6.07, 6.45) is 5.15. The monoisotopic (exact) mass is 489 g/mol. The molecule has 0 aliphatic heterocycles. The van der Waals surface area contributed by atoms with E-state index in [1.165, 1.54) is 24.4 Å². The minimum Gasteiger partial charge on any atom is -0.490 e. The number of nitrogens with one attached hydrogen (secondary N) is 1. The molecule has 0 unspecified atom stereocenters. The van der Waals surface area contributed by atoms with E-state index in [-0.39, 0.29) is 22.3 Å². The van der Waals surface area contributed by atoms with Crippen molar-refractivity contribution in [3.05, 3.63) is 108 Å². The Hall–Kier alpha value is -4.37. The zero-order chi connectivity index (χ0) is 24.7. The molecule has 0 fully saturated rings. The Kier molecular flexibility index (Phi) is 7.27. The number of carbonyl (C=O) groups is 1. The lowest BCUT2D eigenvalue weighted by Gasteiger charge is -2.12. The maximum atomic E-state index is 12.7. The lowest BCUT2D eigenvalue weighted by atomic mass is 10.1. The van der Waals surface area contributed by atoms with Gasteiger partial charge in [0.25, 0.3) is 5.91 Å². The number of benzene rings is 3. The molecule has 0 atom stereocenters. The summed E-state index contributed by atoms with van der Waals surface area (Å²) in [5.41, 5.74) is 4.30. The molecule has 0 saturated carbocycles. The number of hydrogen-bond donors (Lipinski definition) is 1. The summed E-state index contributed by atoms with van der Waals surface area (Å²) in [7, 11) is -4.02. The largest absolute Gasteiger partial charge is 0.490 e. The van der Waals surface area contributed by atoms with Crippen molar-refractivity contribution < 1.29 is 22.1 Å². The smallest absolute Gasteiger partial charge is 0.339 e. The molecule has 3 aromatic carbocycles. The van der Waals surface area contributed by atoms with E-state index < -0.39 is 10.1 Å². The minimum atomic E-state index is -4.02. The van der Waals surface area contributed by atoms with Crippen LogP contribution < -0.4 is 14.3 Å². The van der Waals surface area contributed by atoms with Gasteiger partial charge in [-0.25, -0.2) is 5.43 Å². The zero-order valence-corrected chi connectivity index (χ0v) is 19.7. The Balaban J connectivity index is 1.50. The Morgan fingerprint density at radius 2 is 1.66 bits per heavy atom. The first-order valence-corrected chi connectivity index (χ1v) is 12.2. The van der Waals surface area contributed by atoms with Crippen LogP contribution in [0.15, 0.2) is 107 Å². The average Bonchev–Trinajstić information content (AvgIpc) is 3.41. The van der Waals surface area contributed by atoms with Crippen molar-refractivity contribution in [2.24, 2.45) is 5.10 Å². The zero-order valence-electron chi connectivity index (χ0n) is 18.9. The maximum Gasteiger partial charge on any atom is 0.339 e. The summed E-state index contributed by atoms with van der Waals surface area (Å²) < 4.78 is 37.9. The molecule has 35 heavy (non-hydrogen) atoms. The average molecular weight is 490 g/mol. The highest BCUT2D eigenvalue weighted by Crippen LogP contribution is 2.30.